The zero-order chi connectivity index (χ0) is 16.4. The van der Waals surface area contributed by atoms with Crippen molar-refractivity contribution < 1.29 is 13.9 Å². The molecule has 1 saturated heterocycles. The van der Waals surface area contributed by atoms with Gasteiger partial charge in [-0.2, -0.15) is 5.26 Å². The lowest BCUT2D eigenvalue weighted by molar-refractivity contribution is 0.0297. The fourth-order valence-corrected chi connectivity index (χ4v) is 2.70. The Kier molecular flexibility index (Phi) is 4.13. The van der Waals surface area contributed by atoms with Crippen LogP contribution in [0.3, 0.4) is 0 Å². The fraction of sp³-hybridized carbons (Fsp3) is 0.294. The third-order valence-corrected chi connectivity index (χ3v) is 3.94. The van der Waals surface area contributed by atoms with Crippen molar-refractivity contribution in [3.8, 4) is 11.8 Å². The van der Waals surface area contributed by atoms with E-state index in [9.17, 15) is 14.4 Å². The monoisotopic (exact) mass is 313 g/mol. The molecule has 1 aliphatic rings. The van der Waals surface area contributed by atoms with Crippen molar-refractivity contribution >= 4 is 5.91 Å². The van der Waals surface area contributed by atoms with E-state index in [2.05, 4.69) is 0 Å². The molecule has 6 heteroatoms. The van der Waals surface area contributed by atoms with Crippen LogP contribution in [0.5, 0.6) is 0 Å². The number of carbonyl (C=O) groups is 1. The number of hydrogen-bond donors (Lipinski definition) is 0. The number of amides is 1. The minimum atomic E-state index is -0.387. The Hall–Kier alpha value is -2.65. The lowest BCUT2D eigenvalue weighted by Gasteiger charge is -2.27. The summed E-state index contributed by atoms with van der Waals surface area (Å²) in [5.41, 5.74) is 1.93. The van der Waals surface area contributed by atoms with E-state index in [1.165, 1.54) is 12.1 Å². The number of rotatable bonds is 2. The molecular weight excluding hydrogens is 297 g/mol. The Balaban J connectivity index is 2.09. The van der Waals surface area contributed by atoms with Crippen molar-refractivity contribution in [2.45, 2.75) is 6.92 Å². The summed E-state index contributed by atoms with van der Waals surface area (Å²) in [4.78, 5) is 14.5. The quantitative estimate of drug-likeness (QED) is 0.854. The van der Waals surface area contributed by atoms with E-state index < -0.39 is 0 Å². The molecule has 0 bridgehead atoms. The molecule has 1 aliphatic heterocycles. The first-order valence-corrected chi connectivity index (χ1v) is 7.37. The van der Waals surface area contributed by atoms with Crippen LogP contribution in [0.15, 0.2) is 30.5 Å². The molecule has 0 saturated carbocycles. The maximum Gasteiger partial charge on any atom is 0.272 e. The number of morpholine rings is 1. The van der Waals surface area contributed by atoms with Gasteiger partial charge in [0.25, 0.3) is 5.91 Å². The number of ether oxygens (including phenoxy) is 1. The standard InChI is InChI=1S/C17H16FN3O2/c1-12-2-3-14(18)10-15(12)21-5-4-13(11-19)16(21)17(22)20-6-8-23-9-7-20/h2-5,10H,6-9H2,1H3. The molecule has 5 nitrogen and oxygen atoms in total. The van der Waals surface area contributed by atoms with Crippen LogP contribution in [0.2, 0.25) is 0 Å². The van der Waals surface area contributed by atoms with Crippen LogP contribution in [0.1, 0.15) is 21.6 Å². The van der Waals surface area contributed by atoms with Crippen LogP contribution < -0.4 is 0 Å². The summed E-state index contributed by atoms with van der Waals surface area (Å²) < 4.78 is 20.5. The molecule has 118 valence electrons. The summed E-state index contributed by atoms with van der Waals surface area (Å²) in [6, 6.07) is 8.02. The molecule has 1 aromatic heterocycles. The molecule has 1 aromatic carbocycles. The number of nitrogens with zero attached hydrogens (tertiary/aromatic N) is 3. The Labute approximate surface area is 133 Å². The Morgan fingerprint density at radius 2 is 2.04 bits per heavy atom. The number of benzene rings is 1. The van der Waals surface area contributed by atoms with Crippen molar-refractivity contribution in [3.05, 3.63) is 53.1 Å². The van der Waals surface area contributed by atoms with Gasteiger partial charge in [-0.3, -0.25) is 4.79 Å². The second kappa shape index (κ2) is 6.23. The first kappa shape index (κ1) is 15.3. The van der Waals surface area contributed by atoms with Crippen molar-refractivity contribution in [1.29, 1.82) is 5.26 Å². The fourth-order valence-electron chi connectivity index (χ4n) is 2.70. The third kappa shape index (κ3) is 2.83. The summed E-state index contributed by atoms with van der Waals surface area (Å²) in [6.07, 6.45) is 1.63. The van der Waals surface area contributed by atoms with E-state index in [0.29, 0.717) is 32.0 Å². The maximum absolute atomic E-state index is 13.6. The van der Waals surface area contributed by atoms with Gasteiger partial charge >= 0.3 is 0 Å². The van der Waals surface area contributed by atoms with Crippen molar-refractivity contribution in [2.24, 2.45) is 0 Å². The van der Waals surface area contributed by atoms with E-state index in [1.54, 1.807) is 27.8 Å². The van der Waals surface area contributed by atoms with E-state index >= 15 is 0 Å². The van der Waals surface area contributed by atoms with Crippen molar-refractivity contribution in [3.63, 3.8) is 0 Å². The van der Waals surface area contributed by atoms with E-state index in [0.717, 1.165) is 5.56 Å². The first-order valence-electron chi connectivity index (χ1n) is 7.37. The van der Waals surface area contributed by atoms with Gasteiger partial charge in [-0.25, -0.2) is 4.39 Å². The predicted molar refractivity (Wildman–Crippen MR) is 81.9 cm³/mol. The van der Waals surface area contributed by atoms with Gasteiger partial charge in [0, 0.05) is 19.3 Å². The Morgan fingerprint density at radius 1 is 1.30 bits per heavy atom. The van der Waals surface area contributed by atoms with Crippen LogP contribution in [-0.4, -0.2) is 41.7 Å². The molecule has 23 heavy (non-hydrogen) atoms. The molecule has 2 aromatic rings. The highest BCUT2D eigenvalue weighted by Crippen LogP contribution is 2.22. The SMILES string of the molecule is Cc1ccc(F)cc1-n1ccc(C#N)c1C(=O)N1CCOCC1. The van der Waals surface area contributed by atoms with Gasteiger partial charge in [0.15, 0.2) is 0 Å². The molecule has 2 heterocycles. The topological polar surface area (TPSA) is 58.3 Å². The Morgan fingerprint density at radius 3 is 2.74 bits per heavy atom. The van der Waals surface area contributed by atoms with E-state index in [4.69, 9.17) is 4.74 Å². The summed E-state index contributed by atoms with van der Waals surface area (Å²) in [6.45, 7) is 3.76. The summed E-state index contributed by atoms with van der Waals surface area (Å²) >= 11 is 0. The van der Waals surface area contributed by atoms with Crippen LogP contribution >= 0.6 is 0 Å². The molecule has 1 fully saturated rings. The maximum atomic E-state index is 13.6. The second-order valence-corrected chi connectivity index (χ2v) is 5.40. The molecule has 0 atom stereocenters. The van der Waals surface area contributed by atoms with E-state index in [1.807, 2.05) is 13.0 Å². The van der Waals surface area contributed by atoms with Gasteiger partial charge in [0.05, 0.1) is 24.5 Å². The number of hydrogen-bond acceptors (Lipinski definition) is 3. The number of aromatic nitrogens is 1. The smallest absolute Gasteiger partial charge is 0.272 e. The highest BCUT2D eigenvalue weighted by Gasteiger charge is 2.25. The lowest BCUT2D eigenvalue weighted by Crippen LogP contribution is -2.41. The number of halogens is 1. The molecule has 0 radical (unpaired) electrons. The van der Waals surface area contributed by atoms with Crippen molar-refractivity contribution in [1.82, 2.24) is 9.47 Å². The molecule has 0 aliphatic carbocycles. The highest BCUT2D eigenvalue weighted by atomic mass is 19.1. The van der Waals surface area contributed by atoms with Crippen LogP contribution in [0, 0.1) is 24.1 Å². The molecule has 0 N–H and O–H groups in total. The molecule has 1 amide bonds. The summed E-state index contributed by atoms with van der Waals surface area (Å²) in [7, 11) is 0. The highest BCUT2D eigenvalue weighted by molar-refractivity contribution is 5.96. The second-order valence-electron chi connectivity index (χ2n) is 5.40. The lowest BCUT2D eigenvalue weighted by atomic mass is 10.1. The summed E-state index contributed by atoms with van der Waals surface area (Å²) in [5.74, 6) is -0.624. The van der Waals surface area contributed by atoms with Crippen LogP contribution in [-0.2, 0) is 4.74 Å². The molecule has 0 spiro atoms. The average Bonchev–Trinajstić information content (AvgIpc) is 3.01. The number of aryl methyl sites for hydroxylation is 1. The first-order chi connectivity index (χ1) is 11.1. The largest absolute Gasteiger partial charge is 0.378 e. The van der Waals surface area contributed by atoms with Gasteiger partial charge in [0.1, 0.15) is 17.6 Å². The zero-order valence-corrected chi connectivity index (χ0v) is 12.8. The Bertz CT molecular complexity index is 786. The minimum absolute atomic E-state index is 0.237. The number of nitriles is 1. The van der Waals surface area contributed by atoms with Gasteiger partial charge in [-0.15, -0.1) is 0 Å². The number of carbonyl (C=O) groups excluding carboxylic acids is 1. The predicted octanol–water partition coefficient (Wildman–Crippen LogP) is 2.27. The van der Waals surface area contributed by atoms with Crippen LogP contribution in [0.4, 0.5) is 4.39 Å². The van der Waals surface area contributed by atoms with Crippen molar-refractivity contribution in [2.75, 3.05) is 26.3 Å². The van der Waals surface area contributed by atoms with Gasteiger partial charge < -0.3 is 14.2 Å². The minimum Gasteiger partial charge on any atom is -0.378 e. The normalized spacial score (nSPS) is 14.6. The molecular formula is C17H16FN3O2. The van der Waals surface area contributed by atoms with Gasteiger partial charge in [0.2, 0.25) is 0 Å². The van der Waals surface area contributed by atoms with Crippen LogP contribution in [0.25, 0.3) is 5.69 Å². The zero-order valence-electron chi connectivity index (χ0n) is 12.8. The average molecular weight is 313 g/mol. The third-order valence-electron chi connectivity index (χ3n) is 3.94. The van der Waals surface area contributed by atoms with Gasteiger partial charge in [-0.05, 0) is 30.7 Å². The molecule has 3 rings (SSSR count). The van der Waals surface area contributed by atoms with E-state index in [-0.39, 0.29) is 23.0 Å². The molecule has 0 unspecified atom stereocenters. The summed E-state index contributed by atoms with van der Waals surface area (Å²) in [5, 5.41) is 9.32. The van der Waals surface area contributed by atoms with Gasteiger partial charge in [-0.1, -0.05) is 6.07 Å².